The van der Waals surface area contributed by atoms with E-state index < -0.39 is 0 Å². The Bertz CT molecular complexity index is 807. The van der Waals surface area contributed by atoms with Crippen LogP contribution in [0.5, 0.6) is 5.75 Å². The Balaban J connectivity index is 2.33. The van der Waals surface area contributed by atoms with Crippen molar-refractivity contribution in [1.82, 2.24) is 14.5 Å². The summed E-state index contributed by atoms with van der Waals surface area (Å²) in [7, 11) is 1.66. The van der Waals surface area contributed by atoms with E-state index in [0.29, 0.717) is 16.9 Å². The van der Waals surface area contributed by atoms with Crippen LogP contribution in [0.2, 0.25) is 0 Å². The zero-order chi connectivity index (χ0) is 13.4. The van der Waals surface area contributed by atoms with E-state index in [1.54, 1.807) is 49.6 Å². The molecule has 0 spiro atoms. The first-order chi connectivity index (χ1) is 9.16. The zero-order valence-electron chi connectivity index (χ0n) is 10.2. The van der Waals surface area contributed by atoms with Gasteiger partial charge < -0.3 is 5.11 Å². The molecule has 2 heterocycles. The van der Waals surface area contributed by atoms with Gasteiger partial charge in [-0.25, -0.2) is 9.97 Å². The molecule has 5 nitrogen and oxygen atoms in total. The van der Waals surface area contributed by atoms with Gasteiger partial charge in [0.2, 0.25) is 0 Å². The third-order valence-corrected chi connectivity index (χ3v) is 2.96. The monoisotopic (exact) mass is 253 g/mol. The fourth-order valence-corrected chi connectivity index (χ4v) is 1.96. The summed E-state index contributed by atoms with van der Waals surface area (Å²) in [4.78, 5) is 20.7. The summed E-state index contributed by atoms with van der Waals surface area (Å²) in [6.07, 6.45) is 1.58. The van der Waals surface area contributed by atoms with Crippen molar-refractivity contribution in [2.45, 2.75) is 0 Å². The molecule has 3 rings (SSSR count). The van der Waals surface area contributed by atoms with Gasteiger partial charge in [-0.1, -0.05) is 0 Å². The number of hydrogen-bond acceptors (Lipinski definition) is 4. The predicted octanol–water partition coefficient (Wildman–Crippen LogP) is 1.70. The molecule has 0 aliphatic heterocycles. The van der Waals surface area contributed by atoms with Crippen LogP contribution >= 0.6 is 0 Å². The van der Waals surface area contributed by atoms with Crippen molar-refractivity contribution in [1.29, 1.82) is 0 Å². The quantitative estimate of drug-likeness (QED) is 0.716. The maximum atomic E-state index is 12.2. The molecule has 1 aromatic carbocycles. The summed E-state index contributed by atoms with van der Waals surface area (Å²) in [5.41, 5.74) is 1.50. The van der Waals surface area contributed by atoms with Crippen molar-refractivity contribution in [3.05, 3.63) is 52.9 Å². The molecule has 0 saturated carbocycles. The number of hydrogen-bond donors (Lipinski definition) is 1. The average molecular weight is 253 g/mol. The molecule has 5 heteroatoms. The molecule has 0 bridgehead atoms. The van der Waals surface area contributed by atoms with E-state index in [0.717, 1.165) is 5.56 Å². The van der Waals surface area contributed by atoms with E-state index in [-0.39, 0.29) is 11.3 Å². The number of rotatable bonds is 1. The largest absolute Gasteiger partial charge is 0.508 e. The van der Waals surface area contributed by atoms with E-state index in [1.807, 2.05) is 0 Å². The second-order valence-electron chi connectivity index (χ2n) is 4.22. The molecule has 0 radical (unpaired) electrons. The average Bonchev–Trinajstić information content (AvgIpc) is 2.44. The smallest absolute Gasteiger partial charge is 0.280 e. The Morgan fingerprint density at radius 1 is 1.16 bits per heavy atom. The minimum atomic E-state index is -0.186. The van der Waals surface area contributed by atoms with Gasteiger partial charge in [-0.05, 0) is 36.4 Å². The Morgan fingerprint density at radius 2 is 1.89 bits per heavy atom. The van der Waals surface area contributed by atoms with Gasteiger partial charge in [0.25, 0.3) is 5.56 Å². The van der Waals surface area contributed by atoms with E-state index in [9.17, 15) is 9.90 Å². The van der Waals surface area contributed by atoms with Crippen molar-refractivity contribution in [3.8, 4) is 17.1 Å². The number of fused-ring (bicyclic) bond motifs is 1. The summed E-state index contributed by atoms with van der Waals surface area (Å²) in [6, 6.07) is 10.1. The minimum Gasteiger partial charge on any atom is -0.508 e. The van der Waals surface area contributed by atoms with Gasteiger partial charge >= 0.3 is 0 Å². The lowest BCUT2D eigenvalue weighted by Crippen LogP contribution is -2.21. The highest BCUT2D eigenvalue weighted by Crippen LogP contribution is 2.20. The molecule has 0 saturated heterocycles. The third-order valence-electron chi connectivity index (χ3n) is 2.96. The van der Waals surface area contributed by atoms with Gasteiger partial charge in [0.05, 0.1) is 5.52 Å². The molecule has 1 N–H and O–H groups in total. The summed E-state index contributed by atoms with van der Waals surface area (Å²) in [5.74, 6) is 0.724. The molecule has 19 heavy (non-hydrogen) atoms. The van der Waals surface area contributed by atoms with Crippen LogP contribution in [0.1, 0.15) is 0 Å². The van der Waals surface area contributed by atoms with Crippen LogP contribution in [0.4, 0.5) is 0 Å². The molecule has 0 atom stereocenters. The Hall–Kier alpha value is -2.69. The van der Waals surface area contributed by atoms with Gasteiger partial charge in [-0.3, -0.25) is 9.36 Å². The van der Waals surface area contributed by atoms with Crippen LogP contribution in [0.15, 0.2) is 47.4 Å². The summed E-state index contributed by atoms with van der Waals surface area (Å²) >= 11 is 0. The SMILES string of the molecule is Cn1c(-c2ccc(O)cc2)nc2cccnc2c1=O. The lowest BCUT2D eigenvalue weighted by Gasteiger charge is -2.08. The van der Waals surface area contributed by atoms with E-state index in [4.69, 9.17) is 0 Å². The summed E-state index contributed by atoms with van der Waals surface area (Å²) in [5, 5.41) is 9.30. The number of aromatic nitrogens is 3. The number of phenols is 1. The molecular formula is C14H11N3O2. The number of pyridine rings is 1. The first-order valence-corrected chi connectivity index (χ1v) is 5.78. The summed E-state index contributed by atoms with van der Waals surface area (Å²) in [6.45, 7) is 0. The minimum absolute atomic E-state index is 0.177. The molecule has 0 fully saturated rings. The van der Waals surface area contributed by atoms with Crippen molar-refractivity contribution < 1.29 is 5.11 Å². The zero-order valence-corrected chi connectivity index (χ0v) is 10.2. The van der Waals surface area contributed by atoms with Crippen LogP contribution in [-0.2, 0) is 7.05 Å². The fraction of sp³-hybridized carbons (Fsp3) is 0.0714. The maximum Gasteiger partial charge on any atom is 0.280 e. The van der Waals surface area contributed by atoms with E-state index in [1.165, 1.54) is 4.57 Å². The van der Waals surface area contributed by atoms with Crippen molar-refractivity contribution >= 4 is 11.0 Å². The Kier molecular flexibility index (Phi) is 2.52. The van der Waals surface area contributed by atoms with Crippen molar-refractivity contribution in [3.63, 3.8) is 0 Å². The number of phenolic OH excluding ortho intramolecular Hbond substituents is 1. The molecule has 0 unspecified atom stereocenters. The van der Waals surface area contributed by atoms with E-state index in [2.05, 4.69) is 9.97 Å². The molecule has 0 aliphatic carbocycles. The second kappa shape index (κ2) is 4.20. The normalized spacial score (nSPS) is 10.8. The van der Waals surface area contributed by atoms with E-state index >= 15 is 0 Å². The topological polar surface area (TPSA) is 68.0 Å². The van der Waals surface area contributed by atoms with Gasteiger partial charge in [-0.15, -0.1) is 0 Å². The standard InChI is InChI=1S/C14H11N3O2/c1-17-13(9-4-6-10(18)7-5-9)16-11-3-2-8-15-12(11)14(17)19/h2-8,18H,1H3. The molecule has 3 aromatic rings. The Labute approximate surface area is 108 Å². The lowest BCUT2D eigenvalue weighted by molar-refractivity contribution is 0.475. The number of aromatic hydroxyl groups is 1. The Morgan fingerprint density at radius 3 is 2.63 bits per heavy atom. The third kappa shape index (κ3) is 1.85. The highest BCUT2D eigenvalue weighted by atomic mass is 16.3. The molecule has 0 amide bonds. The first kappa shape index (κ1) is 11.4. The number of benzene rings is 1. The molecule has 0 aliphatic rings. The van der Waals surface area contributed by atoms with Crippen molar-refractivity contribution in [2.24, 2.45) is 7.05 Å². The highest BCUT2D eigenvalue weighted by Gasteiger charge is 2.10. The first-order valence-electron chi connectivity index (χ1n) is 5.78. The second-order valence-corrected chi connectivity index (χ2v) is 4.22. The van der Waals surface area contributed by atoms with Crippen LogP contribution in [-0.4, -0.2) is 19.6 Å². The molecular weight excluding hydrogens is 242 g/mol. The van der Waals surface area contributed by atoms with Gasteiger partial charge in [-0.2, -0.15) is 0 Å². The van der Waals surface area contributed by atoms with Gasteiger partial charge in [0.1, 0.15) is 11.6 Å². The highest BCUT2D eigenvalue weighted by molar-refractivity contribution is 5.75. The van der Waals surface area contributed by atoms with Crippen LogP contribution in [0.3, 0.4) is 0 Å². The van der Waals surface area contributed by atoms with Crippen molar-refractivity contribution in [2.75, 3.05) is 0 Å². The van der Waals surface area contributed by atoms with Crippen LogP contribution in [0.25, 0.3) is 22.4 Å². The lowest BCUT2D eigenvalue weighted by atomic mass is 10.2. The fourth-order valence-electron chi connectivity index (χ4n) is 1.96. The van der Waals surface area contributed by atoms with Gasteiger partial charge in [0, 0.05) is 18.8 Å². The summed E-state index contributed by atoms with van der Waals surface area (Å²) < 4.78 is 1.46. The van der Waals surface area contributed by atoms with Crippen LogP contribution in [0, 0.1) is 0 Å². The molecule has 94 valence electrons. The van der Waals surface area contributed by atoms with Gasteiger partial charge in [0.15, 0.2) is 5.52 Å². The maximum absolute atomic E-state index is 12.2. The molecule has 2 aromatic heterocycles. The van der Waals surface area contributed by atoms with Crippen LogP contribution < -0.4 is 5.56 Å². The number of nitrogens with zero attached hydrogens (tertiary/aromatic N) is 3. The predicted molar refractivity (Wildman–Crippen MR) is 71.9 cm³/mol.